The average Bonchev–Trinajstić information content (AvgIpc) is 3.54. The van der Waals surface area contributed by atoms with Gasteiger partial charge in [0.2, 0.25) is 0 Å². The molecule has 0 aliphatic carbocycles. The standard InChI is InChI=1S/C35H21N5/c36-22-23-18-25(21-27(19-23)40-33-15-7-16-37-34(33)30-12-6-17-38-35(30)40)24-8-5-9-26(20-24)39-31-13-3-1-10-28(31)29-11-2-4-14-32(29)39/h1-21H. The van der Waals surface area contributed by atoms with E-state index in [4.69, 9.17) is 4.98 Å². The minimum atomic E-state index is 0.588. The van der Waals surface area contributed by atoms with Gasteiger partial charge in [0, 0.05) is 39.9 Å². The molecule has 0 unspecified atom stereocenters. The largest absolute Gasteiger partial charge is 0.309 e. The molecular formula is C35H21N5. The third kappa shape index (κ3) is 3.27. The number of nitrogens with zero attached hydrogens (tertiary/aromatic N) is 5. The van der Waals surface area contributed by atoms with Crippen molar-refractivity contribution in [3.05, 3.63) is 133 Å². The fourth-order valence-corrected chi connectivity index (χ4v) is 5.92. The number of fused-ring (bicyclic) bond motifs is 6. The summed E-state index contributed by atoms with van der Waals surface area (Å²) in [5.74, 6) is 0. The molecule has 0 amide bonds. The zero-order valence-electron chi connectivity index (χ0n) is 21.4. The van der Waals surface area contributed by atoms with Crippen molar-refractivity contribution in [1.82, 2.24) is 19.1 Å². The number of pyridine rings is 2. The van der Waals surface area contributed by atoms with Crippen molar-refractivity contribution < 1.29 is 0 Å². The van der Waals surface area contributed by atoms with E-state index in [1.807, 2.05) is 36.4 Å². The number of hydrogen-bond acceptors (Lipinski definition) is 3. The van der Waals surface area contributed by atoms with Gasteiger partial charge in [0.25, 0.3) is 0 Å². The molecule has 0 spiro atoms. The van der Waals surface area contributed by atoms with Crippen molar-refractivity contribution in [3.63, 3.8) is 0 Å². The van der Waals surface area contributed by atoms with Gasteiger partial charge >= 0.3 is 0 Å². The first-order valence-electron chi connectivity index (χ1n) is 13.1. The van der Waals surface area contributed by atoms with Crippen molar-refractivity contribution in [3.8, 4) is 28.6 Å². The molecule has 8 aromatic rings. The van der Waals surface area contributed by atoms with Crippen LogP contribution in [0.15, 0.2) is 128 Å². The molecule has 0 saturated heterocycles. The Labute approximate surface area is 229 Å². The summed E-state index contributed by atoms with van der Waals surface area (Å²) >= 11 is 0. The van der Waals surface area contributed by atoms with Crippen LogP contribution in [0.25, 0.3) is 66.4 Å². The number of para-hydroxylation sites is 2. The second-order valence-corrected chi connectivity index (χ2v) is 9.88. The Morgan fingerprint density at radius 1 is 0.525 bits per heavy atom. The van der Waals surface area contributed by atoms with Gasteiger partial charge in [-0.25, -0.2) is 4.98 Å². The van der Waals surface area contributed by atoms with E-state index in [0.717, 1.165) is 55.6 Å². The van der Waals surface area contributed by atoms with Gasteiger partial charge < -0.3 is 4.57 Å². The van der Waals surface area contributed by atoms with E-state index in [1.165, 1.54) is 10.8 Å². The number of nitriles is 1. The summed E-state index contributed by atoms with van der Waals surface area (Å²) in [6.45, 7) is 0. The van der Waals surface area contributed by atoms with Crippen LogP contribution in [0.3, 0.4) is 0 Å². The van der Waals surface area contributed by atoms with Gasteiger partial charge in [-0.05, 0) is 77.9 Å². The van der Waals surface area contributed by atoms with Gasteiger partial charge in [0.15, 0.2) is 0 Å². The molecular weight excluding hydrogens is 490 g/mol. The van der Waals surface area contributed by atoms with Crippen LogP contribution in [0.2, 0.25) is 0 Å². The Hall–Kier alpha value is -5.73. The molecule has 0 saturated carbocycles. The van der Waals surface area contributed by atoms with Gasteiger partial charge in [0.1, 0.15) is 5.65 Å². The molecule has 4 aromatic carbocycles. The van der Waals surface area contributed by atoms with Crippen LogP contribution in [-0.4, -0.2) is 19.1 Å². The Kier molecular flexibility index (Phi) is 4.82. The second-order valence-electron chi connectivity index (χ2n) is 9.88. The molecule has 0 radical (unpaired) electrons. The van der Waals surface area contributed by atoms with Crippen LogP contribution in [0.5, 0.6) is 0 Å². The molecule has 0 N–H and O–H groups in total. The highest BCUT2D eigenvalue weighted by Gasteiger charge is 2.16. The topological polar surface area (TPSA) is 59.4 Å². The molecule has 0 fully saturated rings. The van der Waals surface area contributed by atoms with Crippen molar-refractivity contribution >= 4 is 43.9 Å². The number of aromatic nitrogens is 4. The van der Waals surface area contributed by atoms with Crippen LogP contribution in [0, 0.1) is 11.3 Å². The van der Waals surface area contributed by atoms with E-state index >= 15 is 0 Å². The maximum Gasteiger partial charge on any atom is 0.147 e. The molecule has 40 heavy (non-hydrogen) atoms. The van der Waals surface area contributed by atoms with E-state index in [2.05, 4.69) is 99.1 Å². The Bertz CT molecular complexity index is 2190. The summed E-state index contributed by atoms with van der Waals surface area (Å²) in [7, 11) is 0. The highest BCUT2D eigenvalue weighted by molar-refractivity contribution is 6.09. The number of benzene rings is 4. The lowest BCUT2D eigenvalue weighted by Crippen LogP contribution is -1.98. The summed E-state index contributed by atoms with van der Waals surface area (Å²) in [5.41, 5.74) is 9.52. The van der Waals surface area contributed by atoms with Crippen LogP contribution in [0.4, 0.5) is 0 Å². The van der Waals surface area contributed by atoms with Crippen molar-refractivity contribution in [2.75, 3.05) is 0 Å². The third-order valence-corrected chi connectivity index (χ3v) is 7.60. The normalized spacial score (nSPS) is 11.5. The Morgan fingerprint density at radius 2 is 1.20 bits per heavy atom. The third-order valence-electron chi connectivity index (χ3n) is 7.60. The predicted octanol–water partition coefficient (Wildman–Crippen LogP) is 8.21. The van der Waals surface area contributed by atoms with Gasteiger partial charge in [-0.1, -0.05) is 48.5 Å². The summed E-state index contributed by atoms with van der Waals surface area (Å²) in [6.07, 6.45) is 3.60. The lowest BCUT2D eigenvalue weighted by Gasteiger charge is -2.13. The minimum Gasteiger partial charge on any atom is -0.309 e. The molecule has 0 bridgehead atoms. The van der Waals surface area contributed by atoms with E-state index in [-0.39, 0.29) is 0 Å². The lowest BCUT2D eigenvalue weighted by molar-refractivity contribution is 1.13. The molecule has 0 aliphatic rings. The fraction of sp³-hybridized carbons (Fsp3) is 0. The molecule has 5 heteroatoms. The van der Waals surface area contributed by atoms with Gasteiger partial charge in [-0.3, -0.25) is 9.55 Å². The van der Waals surface area contributed by atoms with E-state index < -0.39 is 0 Å². The van der Waals surface area contributed by atoms with E-state index in [0.29, 0.717) is 5.56 Å². The van der Waals surface area contributed by atoms with Crippen molar-refractivity contribution in [2.24, 2.45) is 0 Å². The highest BCUT2D eigenvalue weighted by Crippen LogP contribution is 2.35. The molecule has 0 atom stereocenters. The van der Waals surface area contributed by atoms with Crippen LogP contribution in [-0.2, 0) is 0 Å². The monoisotopic (exact) mass is 511 g/mol. The smallest absolute Gasteiger partial charge is 0.147 e. The quantitative estimate of drug-likeness (QED) is 0.240. The number of rotatable bonds is 3. The summed E-state index contributed by atoms with van der Waals surface area (Å²) < 4.78 is 4.41. The molecule has 186 valence electrons. The van der Waals surface area contributed by atoms with Crippen LogP contribution < -0.4 is 0 Å². The fourth-order valence-electron chi connectivity index (χ4n) is 5.92. The van der Waals surface area contributed by atoms with Crippen LogP contribution >= 0.6 is 0 Å². The van der Waals surface area contributed by atoms with Gasteiger partial charge in [0.05, 0.1) is 33.7 Å². The van der Waals surface area contributed by atoms with Crippen molar-refractivity contribution in [2.45, 2.75) is 0 Å². The SMILES string of the molecule is N#Cc1cc(-c2cccc(-n3c4ccccc4c4ccccc43)c2)cc(-n2c3cccnc3c3cccnc32)c1. The second kappa shape index (κ2) is 8.65. The first kappa shape index (κ1) is 22.3. The van der Waals surface area contributed by atoms with Crippen molar-refractivity contribution in [1.29, 1.82) is 5.26 Å². The first-order chi connectivity index (χ1) is 19.8. The van der Waals surface area contributed by atoms with E-state index in [1.54, 1.807) is 12.4 Å². The molecule has 5 nitrogen and oxygen atoms in total. The Balaban J connectivity index is 1.36. The zero-order chi connectivity index (χ0) is 26.6. The van der Waals surface area contributed by atoms with E-state index in [9.17, 15) is 5.26 Å². The number of hydrogen-bond donors (Lipinski definition) is 0. The predicted molar refractivity (Wildman–Crippen MR) is 161 cm³/mol. The summed E-state index contributed by atoms with van der Waals surface area (Å²) in [6, 6.07) is 41.9. The lowest BCUT2D eigenvalue weighted by atomic mass is 10.0. The van der Waals surface area contributed by atoms with Crippen LogP contribution in [0.1, 0.15) is 5.56 Å². The minimum absolute atomic E-state index is 0.588. The summed E-state index contributed by atoms with van der Waals surface area (Å²) in [5, 5.41) is 13.4. The molecule has 0 aliphatic heterocycles. The zero-order valence-corrected chi connectivity index (χ0v) is 21.4. The summed E-state index contributed by atoms with van der Waals surface area (Å²) in [4.78, 5) is 9.34. The molecule has 4 heterocycles. The highest BCUT2D eigenvalue weighted by atomic mass is 15.1. The van der Waals surface area contributed by atoms with Gasteiger partial charge in [-0.15, -0.1) is 0 Å². The van der Waals surface area contributed by atoms with Gasteiger partial charge in [-0.2, -0.15) is 5.26 Å². The molecule has 8 rings (SSSR count). The maximum atomic E-state index is 10.0. The molecule has 4 aromatic heterocycles. The average molecular weight is 512 g/mol. The first-order valence-corrected chi connectivity index (χ1v) is 13.1. The Morgan fingerprint density at radius 3 is 2.00 bits per heavy atom. The maximum absolute atomic E-state index is 10.0.